The van der Waals surface area contributed by atoms with Crippen molar-refractivity contribution in [2.45, 2.75) is 20.4 Å². The van der Waals surface area contributed by atoms with E-state index < -0.39 is 0 Å². The van der Waals surface area contributed by atoms with Gasteiger partial charge in [-0.2, -0.15) is 19.7 Å². The van der Waals surface area contributed by atoms with E-state index in [0.29, 0.717) is 12.3 Å². The summed E-state index contributed by atoms with van der Waals surface area (Å²) in [5.74, 6) is 1.49. The number of aryl methyl sites for hydroxylation is 1. The van der Waals surface area contributed by atoms with Crippen molar-refractivity contribution in [3.8, 4) is 0 Å². The minimum absolute atomic E-state index is 0.594. The number of hydrogen-bond donors (Lipinski definition) is 1. The smallest absolute Gasteiger partial charge is 0.254 e. The van der Waals surface area contributed by atoms with Crippen LogP contribution in [-0.4, -0.2) is 34.2 Å². The van der Waals surface area contributed by atoms with Gasteiger partial charge in [-0.3, -0.25) is 0 Å². The molecule has 4 aromatic heterocycles. The van der Waals surface area contributed by atoms with Crippen molar-refractivity contribution in [2.75, 3.05) is 5.32 Å². The molecular weight excluding hydrogens is 288 g/mol. The molecule has 106 valence electrons. The Morgan fingerprint density at radius 1 is 1.14 bits per heavy atom. The molecule has 0 aromatic carbocycles. The molecule has 8 nitrogen and oxygen atoms in total. The zero-order valence-corrected chi connectivity index (χ0v) is 12.3. The molecule has 0 unspecified atom stereocenters. The fourth-order valence-electron chi connectivity index (χ4n) is 2.21. The Balaban J connectivity index is 1.73. The van der Waals surface area contributed by atoms with Gasteiger partial charge in [0, 0.05) is 16.6 Å². The molecule has 0 aliphatic carbocycles. The fourth-order valence-corrected chi connectivity index (χ4v) is 3.01. The molecule has 9 heteroatoms. The summed E-state index contributed by atoms with van der Waals surface area (Å²) in [6, 6.07) is 0. The normalized spacial score (nSPS) is 11.5. The molecule has 4 rings (SSSR count). The van der Waals surface area contributed by atoms with Crippen LogP contribution in [0.3, 0.4) is 0 Å². The van der Waals surface area contributed by atoms with Gasteiger partial charge in [0.05, 0.1) is 12.2 Å². The second kappa shape index (κ2) is 4.48. The lowest BCUT2D eigenvalue weighted by molar-refractivity contribution is 0.860. The average Bonchev–Trinajstić information content (AvgIpc) is 3.15. The Hall–Kier alpha value is -2.55. The van der Waals surface area contributed by atoms with E-state index in [2.05, 4.69) is 30.5 Å². The molecule has 0 amide bonds. The SMILES string of the molecule is Cc1nc2ncnn2c(NCc2csc3ncnn23)c1C. The van der Waals surface area contributed by atoms with Gasteiger partial charge in [0.25, 0.3) is 5.78 Å². The van der Waals surface area contributed by atoms with E-state index in [1.807, 2.05) is 23.7 Å². The first-order valence-electron chi connectivity index (χ1n) is 6.41. The van der Waals surface area contributed by atoms with Crippen molar-refractivity contribution >= 4 is 27.9 Å². The van der Waals surface area contributed by atoms with Gasteiger partial charge in [0.2, 0.25) is 4.96 Å². The van der Waals surface area contributed by atoms with Gasteiger partial charge in [-0.25, -0.2) is 14.5 Å². The molecule has 0 saturated carbocycles. The van der Waals surface area contributed by atoms with Gasteiger partial charge in [-0.15, -0.1) is 11.3 Å². The Bertz CT molecular complexity index is 933. The number of aromatic nitrogens is 7. The van der Waals surface area contributed by atoms with Crippen LogP contribution in [0.2, 0.25) is 0 Å². The van der Waals surface area contributed by atoms with Crippen LogP contribution in [-0.2, 0) is 6.54 Å². The van der Waals surface area contributed by atoms with Crippen LogP contribution in [0.1, 0.15) is 17.0 Å². The van der Waals surface area contributed by atoms with Crippen molar-refractivity contribution in [3.63, 3.8) is 0 Å². The Labute approximate surface area is 123 Å². The molecule has 4 heterocycles. The van der Waals surface area contributed by atoms with E-state index >= 15 is 0 Å². The van der Waals surface area contributed by atoms with Crippen LogP contribution in [0.5, 0.6) is 0 Å². The lowest BCUT2D eigenvalue weighted by Gasteiger charge is -2.11. The zero-order chi connectivity index (χ0) is 14.4. The zero-order valence-electron chi connectivity index (χ0n) is 11.5. The predicted molar refractivity (Wildman–Crippen MR) is 78.4 cm³/mol. The van der Waals surface area contributed by atoms with Gasteiger partial charge < -0.3 is 5.32 Å². The minimum atomic E-state index is 0.594. The highest BCUT2D eigenvalue weighted by atomic mass is 32.1. The molecule has 0 atom stereocenters. The summed E-state index contributed by atoms with van der Waals surface area (Å²) in [5.41, 5.74) is 3.04. The first kappa shape index (κ1) is 12.2. The summed E-state index contributed by atoms with van der Waals surface area (Å²) < 4.78 is 3.55. The summed E-state index contributed by atoms with van der Waals surface area (Å²) >= 11 is 1.57. The molecule has 0 aliphatic rings. The van der Waals surface area contributed by atoms with E-state index in [4.69, 9.17) is 0 Å². The first-order valence-corrected chi connectivity index (χ1v) is 7.29. The van der Waals surface area contributed by atoms with Crippen molar-refractivity contribution in [1.29, 1.82) is 0 Å². The second-order valence-electron chi connectivity index (χ2n) is 4.68. The highest BCUT2D eigenvalue weighted by Gasteiger charge is 2.12. The number of nitrogens with one attached hydrogen (secondary N) is 1. The topological polar surface area (TPSA) is 85.3 Å². The highest BCUT2D eigenvalue weighted by Crippen LogP contribution is 2.19. The molecule has 4 aromatic rings. The molecule has 0 fully saturated rings. The largest absolute Gasteiger partial charge is 0.364 e. The fraction of sp³-hybridized carbons (Fsp3) is 0.250. The molecule has 0 radical (unpaired) electrons. The maximum Gasteiger partial charge on any atom is 0.254 e. The number of rotatable bonds is 3. The summed E-state index contributed by atoms with van der Waals surface area (Å²) in [6.45, 7) is 4.61. The van der Waals surface area contributed by atoms with E-state index in [0.717, 1.165) is 27.7 Å². The minimum Gasteiger partial charge on any atom is -0.364 e. The summed E-state index contributed by atoms with van der Waals surface area (Å²) in [7, 11) is 0. The number of fused-ring (bicyclic) bond motifs is 2. The third-order valence-corrected chi connectivity index (χ3v) is 4.31. The van der Waals surface area contributed by atoms with Crippen LogP contribution in [0.4, 0.5) is 5.82 Å². The lowest BCUT2D eigenvalue weighted by atomic mass is 10.2. The Kier molecular flexibility index (Phi) is 2.61. The number of thiazole rings is 1. The Morgan fingerprint density at radius 3 is 2.86 bits per heavy atom. The Morgan fingerprint density at radius 2 is 1.95 bits per heavy atom. The van der Waals surface area contributed by atoms with Crippen LogP contribution in [0, 0.1) is 13.8 Å². The van der Waals surface area contributed by atoms with E-state index in [1.165, 1.54) is 6.33 Å². The third kappa shape index (κ3) is 1.85. The second-order valence-corrected chi connectivity index (χ2v) is 5.51. The van der Waals surface area contributed by atoms with Crippen molar-refractivity contribution < 1.29 is 0 Å². The van der Waals surface area contributed by atoms with Crippen molar-refractivity contribution in [1.82, 2.24) is 34.2 Å². The van der Waals surface area contributed by atoms with Crippen molar-refractivity contribution in [2.24, 2.45) is 0 Å². The first-order chi connectivity index (χ1) is 10.2. The van der Waals surface area contributed by atoms with Crippen LogP contribution in [0.15, 0.2) is 18.0 Å². The molecular formula is C12H12N8S. The van der Waals surface area contributed by atoms with Gasteiger partial charge in [-0.05, 0) is 13.8 Å². The van der Waals surface area contributed by atoms with E-state index in [1.54, 1.807) is 22.2 Å². The number of nitrogens with zero attached hydrogens (tertiary/aromatic N) is 7. The van der Waals surface area contributed by atoms with E-state index in [9.17, 15) is 0 Å². The molecule has 0 bridgehead atoms. The van der Waals surface area contributed by atoms with Crippen molar-refractivity contribution in [3.05, 3.63) is 35.0 Å². The van der Waals surface area contributed by atoms with Gasteiger partial charge in [-0.1, -0.05) is 0 Å². The van der Waals surface area contributed by atoms with Gasteiger partial charge in [0.1, 0.15) is 18.5 Å². The van der Waals surface area contributed by atoms with Gasteiger partial charge in [0.15, 0.2) is 0 Å². The van der Waals surface area contributed by atoms with Crippen LogP contribution in [0.25, 0.3) is 10.7 Å². The average molecular weight is 300 g/mol. The van der Waals surface area contributed by atoms with E-state index in [-0.39, 0.29) is 0 Å². The maximum absolute atomic E-state index is 4.41. The summed E-state index contributed by atoms with van der Waals surface area (Å²) in [4.78, 5) is 13.6. The lowest BCUT2D eigenvalue weighted by Crippen LogP contribution is -2.11. The van der Waals surface area contributed by atoms with Gasteiger partial charge >= 0.3 is 0 Å². The number of hydrogen-bond acceptors (Lipinski definition) is 7. The molecule has 0 aliphatic heterocycles. The monoisotopic (exact) mass is 300 g/mol. The molecule has 21 heavy (non-hydrogen) atoms. The summed E-state index contributed by atoms with van der Waals surface area (Å²) in [5, 5.41) is 13.9. The summed E-state index contributed by atoms with van der Waals surface area (Å²) in [6.07, 6.45) is 3.07. The number of anilines is 1. The highest BCUT2D eigenvalue weighted by molar-refractivity contribution is 7.15. The van der Waals surface area contributed by atoms with Crippen LogP contribution < -0.4 is 5.32 Å². The molecule has 0 spiro atoms. The molecule has 0 saturated heterocycles. The molecule has 1 N–H and O–H groups in total. The quantitative estimate of drug-likeness (QED) is 0.616. The maximum atomic E-state index is 4.41. The predicted octanol–water partition coefficient (Wildman–Crippen LogP) is 1.46. The standard InChI is InChI=1S/C12H12N8S/c1-7-8(2)18-11-14-5-17-20(11)10(7)13-3-9-4-21-12-15-6-16-19(9)12/h4-6,13H,3H2,1-2H3. The van der Waals surface area contributed by atoms with Crippen LogP contribution >= 0.6 is 11.3 Å². The third-order valence-electron chi connectivity index (χ3n) is 3.43.